The first-order chi connectivity index (χ1) is 7.88. The molecule has 0 aliphatic carbocycles. The molecule has 0 radical (unpaired) electrons. The Bertz CT molecular complexity index is 361. The van der Waals surface area contributed by atoms with E-state index in [2.05, 4.69) is 47.3 Å². The summed E-state index contributed by atoms with van der Waals surface area (Å²) >= 11 is 9.47. The molecule has 0 amide bonds. The van der Waals surface area contributed by atoms with Crippen LogP contribution in [0.1, 0.15) is 26.3 Å². The van der Waals surface area contributed by atoms with Gasteiger partial charge in [-0.25, -0.2) is 0 Å². The molecule has 17 heavy (non-hydrogen) atoms. The first-order valence-electron chi connectivity index (χ1n) is 5.78. The van der Waals surface area contributed by atoms with Crippen molar-refractivity contribution in [3.63, 3.8) is 0 Å². The smallest absolute Gasteiger partial charge is 0.0410 e. The topological polar surface area (TPSA) is 24.1 Å². The van der Waals surface area contributed by atoms with Crippen LogP contribution in [0, 0.1) is 0 Å². The summed E-state index contributed by atoms with van der Waals surface area (Å²) < 4.78 is 1.10. The fraction of sp³-hybridized carbons (Fsp3) is 0.538. The van der Waals surface area contributed by atoms with Crippen LogP contribution in [-0.4, -0.2) is 18.6 Å². The SMILES string of the molecule is CC(C)(C)NCCNCc1cc(Cl)ccc1Br. The van der Waals surface area contributed by atoms with Crippen molar-refractivity contribution in [2.75, 3.05) is 13.1 Å². The van der Waals surface area contributed by atoms with Gasteiger partial charge >= 0.3 is 0 Å². The Balaban J connectivity index is 2.29. The minimum absolute atomic E-state index is 0.179. The van der Waals surface area contributed by atoms with Gasteiger partial charge in [0.05, 0.1) is 0 Å². The summed E-state index contributed by atoms with van der Waals surface area (Å²) in [4.78, 5) is 0. The fourth-order valence-corrected chi connectivity index (χ4v) is 2.01. The number of hydrogen-bond donors (Lipinski definition) is 2. The number of nitrogens with one attached hydrogen (secondary N) is 2. The van der Waals surface area contributed by atoms with Crippen LogP contribution in [0.3, 0.4) is 0 Å². The van der Waals surface area contributed by atoms with Gasteiger partial charge in [0.2, 0.25) is 0 Å². The van der Waals surface area contributed by atoms with E-state index < -0.39 is 0 Å². The maximum absolute atomic E-state index is 5.96. The summed E-state index contributed by atoms with van der Waals surface area (Å²) in [6.45, 7) is 9.23. The average molecular weight is 320 g/mol. The molecule has 0 heterocycles. The first-order valence-corrected chi connectivity index (χ1v) is 6.95. The second kappa shape index (κ2) is 6.74. The van der Waals surface area contributed by atoms with Crippen molar-refractivity contribution < 1.29 is 0 Å². The summed E-state index contributed by atoms with van der Waals surface area (Å²) in [5, 5.41) is 7.60. The predicted octanol–water partition coefficient (Wildman–Crippen LogP) is 3.58. The van der Waals surface area contributed by atoms with Crippen LogP contribution in [0.4, 0.5) is 0 Å². The quantitative estimate of drug-likeness (QED) is 0.811. The van der Waals surface area contributed by atoms with Gasteiger partial charge in [-0.1, -0.05) is 27.5 Å². The zero-order chi connectivity index (χ0) is 12.9. The highest BCUT2D eigenvalue weighted by molar-refractivity contribution is 9.10. The van der Waals surface area contributed by atoms with Gasteiger partial charge in [-0.15, -0.1) is 0 Å². The second-order valence-electron chi connectivity index (χ2n) is 5.09. The minimum Gasteiger partial charge on any atom is -0.311 e. The lowest BCUT2D eigenvalue weighted by molar-refractivity contribution is 0.421. The van der Waals surface area contributed by atoms with Crippen LogP contribution >= 0.6 is 27.5 Å². The molecule has 0 atom stereocenters. The van der Waals surface area contributed by atoms with Gasteiger partial charge in [0, 0.05) is 34.7 Å². The number of rotatable bonds is 5. The zero-order valence-corrected chi connectivity index (χ0v) is 13.0. The molecule has 2 nitrogen and oxygen atoms in total. The lowest BCUT2D eigenvalue weighted by Crippen LogP contribution is -2.40. The van der Waals surface area contributed by atoms with E-state index in [1.54, 1.807) is 0 Å². The normalized spacial score (nSPS) is 11.8. The van der Waals surface area contributed by atoms with Gasteiger partial charge in [0.25, 0.3) is 0 Å². The molecule has 0 spiro atoms. The predicted molar refractivity (Wildman–Crippen MR) is 78.6 cm³/mol. The molecule has 0 saturated carbocycles. The second-order valence-corrected chi connectivity index (χ2v) is 6.38. The standard InChI is InChI=1S/C13H20BrClN2/c1-13(2,3)17-7-6-16-9-10-8-11(15)4-5-12(10)14/h4-5,8,16-17H,6-7,9H2,1-3H3. The van der Waals surface area contributed by atoms with Gasteiger partial charge in [-0.05, 0) is 44.5 Å². The maximum atomic E-state index is 5.96. The third-order valence-electron chi connectivity index (χ3n) is 2.28. The highest BCUT2D eigenvalue weighted by Crippen LogP contribution is 2.20. The summed E-state index contributed by atoms with van der Waals surface area (Å²) in [5.74, 6) is 0. The van der Waals surface area contributed by atoms with Crippen molar-refractivity contribution in [2.24, 2.45) is 0 Å². The molecule has 1 rings (SSSR count). The maximum Gasteiger partial charge on any atom is 0.0410 e. The highest BCUT2D eigenvalue weighted by Gasteiger charge is 2.07. The molecule has 1 aromatic carbocycles. The van der Waals surface area contributed by atoms with Crippen LogP contribution in [0.15, 0.2) is 22.7 Å². The molecule has 4 heteroatoms. The Labute approximate surface area is 117 Å². The molecule has 96 valence electrons. The summed E-state index contributed by atoms with van der Waals surface area (Å²) in [5.41, 5.74) is 1.37. The minimum atomic E-state index is 0.179. The van der Waals surface area contributed by atoms with Crippen LogP contribution in [0.25, 0.3) is 0 Å². The Morgan fingerprint density at radius 3 is 2.59 bits per heavy atom. The molecule has 0 saturated heterocycles. The first kappa shape index (κ1) is 15.0. The molecular formula is C13H20BrClN2. The van der Waals surface area contributed by atoms with Crippen molar-refractivity contribution in [1.29, 1.82) is 0 Å². The van der Waals surface area contributed by atoms with Crippen LogP contribution < -0.4 is 10.6 Å². The summed E-state index contributed by atoms with van der Waals surface area (Å²) in [6, 6.07) is 5.85. The van der Waals surface area contributed by atoms with Crippen molar-refractivity contribution in [2.45, 2.75) is 32.9 Å². The molecule has 0 bridgehead atoms. The van der Waals surface area contributed by atoms with Crippen LogP contribution in [-0.2, 0) is 6.54 Å². The van der Waals surface area contributed by atoms with E-state index in [4.69, 9.17) is 11.6 Å². The molecule has 0 aromatic heterocycles. The Morgan fingerprint density at radius 2 is 1.94 bits per heavy atom. The van der Waals surface area contributed by atoms with E-state index in [1.165, 1.54) is 5.56 Å². The van der Waals surface area contributed by atoms with Gasteiger partial charge < -0.3 is 10.6 Å². The van der Waals surface area contributed by atoms with E-state index in [-0.39, 0.29) is 5.54 Å². The number of hydrogen-bond acceptors (Lipinski definition) is 2. The largest absolute Gasteiger partial charge is 0.311 e. The number of benzene rings is 1. The fourth-order valence-electron chi connectivity index (χ4n) is 1.43. The molecule has 0 fully saturated rings. The summed E-state index contributed by atoms with van der Waals surface area (Å²) in [6.07, 6.45) is 0. The Morgan fingerprint density at radius 1 is 1.24 bits per heavy atom. The van der Waals surface area contributed by atoms with Crippen LogP contribution in [0.2, 0.25) is 5.02 Å². The lowest BCUT2D eigenvalue weighted by atomic mass is 10.1. The summed E-state index contributed by atoms with van der Waals surface area (Å²) in [7, 11) is 0. The monoisotopic (exact) mass is 318 g/mol. The van der Waals surface area contributed by atoms with Gasteiger partial charge in [0.1, 0.15) is 0 Å². The van der Waals surface area contributed by atoms with Crippen LogP contribution in [0.5, 0.6) is 0 Å². The molecule has 2 N–H and O–H groups in total. The molecule has 0 unspecified atom stereocenters. The van der Waals surface area contributed by atoms with Gasteiger partial charge in [-0.2, -0.15) is 0 Å². The van der Waals surface area contributed by atoms with E-state index in [0.29, 0.717) is 0 Å². The molecule has 0 aliphatic heterocycles. The van der Waals surface area contributed by atoms with Crippen molar-refractivity contribution in [1.82, 2.24) is 10.6 Å². The van der Waals surface area contributed by atoms with Crippen molar-refractivity contribution in [3.8, 4) is 0 Å². The zero-order valence-electron chi connectivity index (χ0n) is 10.6. The Hall–Kier alpha value is -0.0900. The van der Waals surface area contributed by atoms with E-state index in [9.17, 15) is 0 Å². The van der Waals surface area contributed by atoms with Gasteiger partial charge in [-0.3, -0.25) is 0 Å². The lowest BCUT2D eigenvalue weighted by Gasteiger charge is -2.20. The molecular weight excluding hydrogens is 300 g/mol. The molecule has 1 aromatic rings. The van der Waals surface area contributed by atoms with E-state index in [1.807, 2.05) is 18.2 Å². The third-order valence-corrected chi connectivity index (χ3v) is 3.29. The van der Waals surface area contributed by atoms with Gasteiger partial charge in [0.15, 0.2) is 0 Å². The van der Waals surface area contributed by atoms with Crippen molar-refractivity contribution >= 4 is 27.5 Å². The van der Waals surface area contributed by atoms with Crippen molar-refractivity contribution in [3.05, 3.63) is 33.3 Å². The average Bonchev–Trinajstić information content (AvgIpc) is 2.21. The third kappa shape index (κ3) is 6.41. The van der Waals surface area contributed by atoms with E-state index >= 15 is 0 Å². The Kier molecular flexibility index (Phi) is 5.93. The number of halogens is 2. The molecule has 0 aliphatic rings. The van der Waals surface area contributed by atoms with E-state index in [0.717, 1.165) is 29.1 Å². The highest BCUT2D eigenvalue weighted by atomic mass is 79.9.